The third-order valence-corrected chi connectivity index (χ3v) is 1.45. The van der Waals surface area contributed by atoms with Gasteiger partial charge in [0.1, 0.15) is 0 Å². The predicted molar refractivity (Wildman–Crippen MR) is 44.0 cm³/mol. The fourth-order valence-electron chi connectivity index (χ4n) is 0.845. The van der Waals surface area contributed by atoms with Gasteiger partial charge in [-0.25, -0.2) is 0 Å². The van der Waals surface area contributed by atoms with Crippen LogP contribution in [0.1, 0.15) is 33.1 Å². The van der Waals surface area contributed by atoms with Crippen molar-refractivity contribution in [1.82, 2.24) is 0 Å². The van der Waals surface area contributed by atoms with E-state index in [0.29, 0.717) is 5.25 Å². The lowest BCUT2D eigenvalue weighted by Crippen LogP contribution is -2.10. The number of hydrogen-bond acceptors (Lipinski definition) is 2. The molecule has 0 saturated heterocycles. The summed E-state index contributed by atoms with van der Waals surface area (Å²) < 4.78 is 0. The molecule has 0 bridgehead atoms. The fraction of sp³-hybridized carbons (Fsp3) is 1.00. The first-order valence-electron chi connectivity index (χ1n) is 3.53. The average Bonchev–Trinajstić information content (AvgIpc) is 1.63. The summed E-state index contributed by atoms with van der Waals surface area (Å²) in [6.07, 6.45) is 2.64. The first-order chi connectivity index (χ1) is 4.16. The van der Waals surface area contributed by atoms with Gasteiger partial charge >= 0.3 is 0 Å². The van der Waals surface area contributed by atoms with Gasteiger partial charge < -0.3 is 5.11 Å². The Balaban J connectivity index is 3.15. The first kappa shape index (κ1) is 9.31. The Labute approximate surface area is 62.9 Å². The highest BCUT2D eigenvalue weighted by atomic mass is 32.1. The molecule has 2 atom stereocenters. The zero-order valence-corrected chi connectivity index (χ0v) is 7.06. The van der Waals surface area contributed by atoms with Crippen molar-refractivity contribution in [1.29, 1.82) is 0 Å². The zero-order valence-electron chi connectivity index (χ0n) is 6.17. The minimum Gasteiger partial charge on any atom is -0.393 e. The van der Waals surface area contributed by atoms with Gasteiger partial charge in [-0.15, -0.1) is 0 Å². The van der Waals surface area contributed by atoms with E-state index < -0.39 is 0 Å². The topological polar surface area (TPSA) is 20.2 Å². The van der Waals surface area contributed by atoms with E-state index in [1.807, 2.05) is 6.92 Å². The van der Waals surface area contributed by atoms with Crippen LogP contribution >= 0.6 is 12.6 Å². The van der Waals surface area contributed by atoms with Crippen LogP contribution in [0, 0.1) is 0 Å². The largest absolute Gasteiger partial charge is 0.393 e. The number of hydrogen-bond donors (Lipinski definition) is 2. The van der Waals surface area contributed by atoms with Gasteiger partial charge in [0.25, 0.3) is 0 Å². The minimum atomic E-state index is -0.137. The molecule has 0 amide bonds. The minimum absolute atomic E-state index is 0.137. The number of aliphatic hydroxyl groups is 1. The molecule has 9 heavy (non-hydrogen) atoms. The monoisotopic (exact) mass is 148 g/mol. The van der Waals surface area contributed by atoms with Crippen LogP contribution in [-0.4, -0.2) is 16.5 Å². The third kappa shape index (κ3) is 6.19. The van der Waals surface area contributed by atoms with E-state index in [9.17, 15) is 5.11 Å². The van der Waals surface area contributed by atoms with Crippen molar-refractivity contribution in [2.75, 3.05) is 0 Å². The molecule has 0 heterocycles. The van der Waals surface area contributed by atoms with Crippen molar-refractivity contribution in [2.24, 2.45) is 0 Å². The quantitative estimate of drug-likeness (QED) is 0.583. The highest BCUT2D eigenvalue weighted by Gasteiger charge is 2.04. The van der Waals surface area contributed by atoms with E-state index >= 15 is 0 Å². The summed E-state index contributed by atoms with van der Waals surface area (Å²) in [7, 11) is 0. The molecule has 2 heteroatoms. The van der Waals surface area contributed by atoms with Crippen LogP contribution in [0.3, 0.4) is 0 Å². The molecule has 1 nitrogen and oxygen atoms in total. The fourth-order valence-corrected chi connectivity index (χ4v) is 1.09. The lowest BCUT2D eigenvalue weighted by molar-refractivity contribution is 0.154. The molecule has 0 fully saturated rings. The SMILES string of the molecule is CCC[C@@H](O)C[C@@H](C)S. The molecule has 1 N–H and O–H groups in total. The molecule has 0 aromatic rings. The second-order valence-corrected chi connectivity index (χ2v) is 3.41. The Hall–Kier alpha value is 0.310. The van der Waals surface area contributed by atoms with Crippen molar-refractivity contribution in [3.05, 3.63) is 0 Å². The van der Waals surface area contributed by atoms with E-state index in [2.05, 4.69) is 19.6 Å². The molecule has 0 aromatic carbocycles. The lowest BCUT2D eigenvalue weighted by atomic mass is 10.1. The van der Waals surface area contributed by atoms with Gasteiger partial charge in [-0.2, -0.15) is 12.6 Å². The molecule has 0 saturated carbocycles. The van der Waals surface area contributed by atoms with Crippen molar-refractivity contribution < 1.29 is 5.11 Å². The standard InChI is InChI=1S/C7H16OS/c1-3-4-7(8)5-6(2)9/h6-9H,3-5H2,1-2H3/t6-,7-/m1/s1. The van der Waals surface area contributed by atoms with Gasteiger partial charge in [0, 0.05) is 5.25 Å². The summed E-state index contributed by atoms with van der Waals surface area (Å²) in [6, 6.07) is 0. The highest BCUT2D eigenvalue weighted by Crippen LogP contribution is 2.07. The Kier molecular flexibility index (Phi) is 5.30. The maximum Gasteiger partial charge on any atom is 0.0550 e. The van der Waals surface area contributed by atoms with Gasteiger partial charge in [-0.3, -0.25) is 0 Å². The summed E-state index contributed by atoms with van der Waals surface area (Å²) in [4.78, 5) is 0. The number of rotatable bonds is 4. The summed E-state index contributed by atoms with van der Waals surface area (Å²) in [5.41, 5.74) is 0. The molecule has 0 radical (unpaired) electrons. The summed E-state index contributed by atoms with van der Waals surface area (Å²) >= 11 is 4.17. The van der Waals surface area contributed by atoms with Gasteiger partial charge in [0.2, 0.25) is 0 Å². The van der Waals surface area contributed by atoms with Gasteiger partial charge in [0.05, 0.1) is 6.10 Å². The number of thiol groups is 1. The van der Waals surface area contributed by atoms with Crippen LogP contribution < -0.4 is 0 Å². The smallest absolute Gasteiger partial charge is 0.0550 e. The van der Waals surface area contributed by atoms with Crippen molar-refractivity contribution in [3.63, 3.8) is 0 Å². The van der Waals surface area contributed by atoms with E-state index in [1.54, 1.807) is 0 Å². The normalized spacial score (nSPS) is 17.3. The maximum atomic E-state index is 9.17. The second kappa shape index (κ2) is 5.12. The molecular weight excluding hydrogens is 132 g/mol. The second-order valence-electron chi connectivity index (χ2n) is 2.53. The van der Waals surface area contributed by atoms with Crippen LogP contribution in [0.25, 0.3) is 0 Å². The van der Waals surface area contributed by atoms with Crippen LogP contribution in [0.15, 0.2) is 0 Å². The summed E-state index contributed by atoms with van der Waals surface area (Å²) in [6.45, 7) is 4.08. The first-order valence-corrected chi connectivity index (χ1v) is 4.04. The van der Waals surface area contributed by atoms with Crippen LogP contribution in [-0.2, 0) is 0 Å². The van der Waals surface area contributed by atoms with Gasteiger partial charge in [-0.1, -0.05) is 20.3 Å². The molecule has 0 spiro atoms. The maximum absolute atomic E-state index is 9.17. The lowest BCUT2D eigenvalue weighted by Gasteiger charge is -2.09. The van der Waals surface area contributed by atoms with E-state index in [-0.39, 0.29) is 6.10 Å². The van der Waals surface area contributed by atoms with Crippen LogP contribution in [0.5, 0.6) is 0 Å². The Morgan fingerprint density at radius 1 is 1.56 bits per heavy atom. The molecule has 0 rings (SSSR count). The molecule has 0 unspecified atom stereocenters. The third-order valence-electron chi connectivity index (χ3n) is 1.24. The average molecular weight is 148 g/mol. The van der Waals surface area contributed by atoms with Crippen LogP contribution in [0.4, 0.5) is 0 Å². The van der Waals surface area contributed by atoms with Crippen molar-refractivity contribution in [3.8, 4) is 0 Å². The molecule has 0 aliphatic carbocycles. The van der Waals surface area contributed by atoms with Crippen molar-refractivity contribution >= 4 is 12.6 Å². The Bertz CT molecular complexity index is 63.9. The van der Waals surface area contributed by atoms with E-state index in [4.69, 9.17) is 0 Å². The summed E-state index contributed by atoms with van der Waals surface area (Å²) in [5.74, 6) is 0. The molecule has 0 aliphatic rings. The number of aliphatic hydroxyl groups excluding tert-OH is 1. The highest BCUT2D eigenvalue weighted by molar-refractivity contribution is 7.80. The van der Waals surface area contributed by atoms with Gasteiger partial charge in [0.15, 0.2) is 0 Å². The van der Waals surface area contributed by atoms with E-state index in [0.717, 1.165) is 19.3 Å². The predicted octanol–water partition coefficient (Wildman–Crippen LogP) is 1.86. The molecule has 0 aliphatic heterocycles. The Morgan fingerprint density at radius 3 is 2.44 bits per heavy atom. The summed E-state index contributed by atoms with van der Waals surface area (Å²) in [5, 5.41) is 9.50. The van der Waals surface area contributed by atoms with Gasteiger partial charge in [-0.05, 0) is 12.8 Å². The van der Waals surface area contributed by atoms with E-state index in [1.165, 1.54) is 0 Å². The zero-order chi connectivity index (χ0) is 7.28. The molecule has 0 aromatic heterocycles. The molecule has 56 valence electrons. The van der Waals surface area contributed by atoms with Crippen molar-refractivity contribution in [2.45, 2.75) is 44.5 Å². The molecular formula is C7H16OS. The van der Waals surface area contributed by atoms with Crippen LogP contribution in [0.2, 0.25) is 0 Å². The Morgan fingerprint density at radius 2 is 2.11 bits per heavy atom.